The van der Waals surface area contributed by atoms with Gasteiger partial charge in [0.05, 0.1) is 6.10 Å². The Hall–Kier alpha value is -1.30. The van der Waals surface area contributed by atoms with Crippen molar-refractivity contribution < 1.29 is 19.4 Å². The SMILES string of the molecule is CC1OCCC1(O)CNC(=O)COc1ccc(Cl)cc1. The maximum atomic E-state index is 11.7. The molecule has 110 valence electrons. The molecule has 0 spiro atoms. The monoisotopic (exact) mass is 299 g/mol. The van der Waals surface area contributed by atoms with Gasteiger partial charge in [0.25, 0.3) is 5.91 Å². The standard InChI is InChI=1S/C14H18ClNO4/c1-10-14(18,6-7-19-10)9-16-13(17)8-20-12-4-2-11(15)3-5-12/h2-5,10,18H,6-9H2,1H3,(H,16,17). The second kappa shape index (κ2) is 6.43. The number of nitrogens with one attached hydrogen (secondary N) is 1. The van der Waals surface area contributed by atoms with E-state index in [1.54, 1.807) is 31.2 Å². The number of amides is 1. The van der Waals surface area contributed by atoms with Gasteiger partial charge < -0.3 is 19.9 Å². The summed E-state index contributed by atoms with van der Waals surface area (Å²) in [5.41, 5.74) is -0.990. The Bertz CT molecular complexity index is 465. The number of hydrogen-bond acceptors (Lipinski definition) is 4. The second-order valence-corrected chi connectivity index (χ2v) is 5.32. The van der Waals surface area contributed by atoms with Crippen molar-refractivity contribution in [1.82, 2.24) is 5.32 Å². The lowest BCUT2D eigenvalue weighted by Crippen LogP contribution is -2.48. The molecule has 2 unspecified atom stereocenters. The Morgan fingerprint density at radius 1 is 1.55 bits per heavy atom. The molecule has 0 aliphatic carbocycles. The fourth-order valence-corrected chi connectivity index (χ4v) is 2.11. The van der Waals surface area contributed by atoms with Crippen LogP contribution in [0.5, 0.6) is 5.75 Å². The molecule has 0 aromatic heterocycles. The van der Waals surface area contributed by atoms with Crippen LogP contribution in [-0.4, -0.2) is 42.5 Å². The van der Waals surface area contributed by atoms with E-state index in [0.29, 0.717) is 23.8 Å². The van der Waals surface area contributed by atoms with E-state index in [-0.39, 0.29) is 25.2 Å². The van der Waals surface area contributed by atoms with Crippen LogP contribution < -0.4 is 10.1 Å². The number of aliphatic hydroxyl groups is 1. The molecule has 1 aliphatic rings. The van der Waals surface area contributed by atoms with Gasteiger partial charge in [0.2, 0.25) is 0 Å². The van der Waals surface area contributed by atoms with E-state index < -0.39 is 5.60 Å². The van der Waals surface area contributed by atoms with E-state index in [0.717, 1.165) is 0 Å². The summed E-state index contributed by atoms with van der Waals surface area (Å²) in [6, 6.07) is 6.76. The molecule has 1 heterocycles. The third-order valence-electron chi connectivity index (χ3n) is 3.43. The summed E-state index contributed by atoms with van der Waals surface area (Å²) in [4.78, 5) is 11.7. The molecule has 1 aromatic carbocycles. The quantitative estimate of drug-likeness (QED) is 0.862. The Morgan fingerprint density at radius 3 is 2.85 bits per heavy atom. The molecule has 2 atom stereocenters. The molecule has 1 aliphatic heterocycles. The molecule has 1 fully saturated rings. The Labute approximate surface area is 122 Å². The molecule has 20 heavy (non-hydrogen) atoms. The van der Waals surface area contributed by atoms with Gasteiger partial charge in [-0.2, -0.15) is 0 Å². The molecule has 2 N–H and O–H groups in total. The minimum absolute atomic E-state index is 0.104. The lowest BCUT2D eigenvalue weighted by molar-refractivity contribution is -0.124. The first-order valence-corrected chi connectivity index (χ1v) is 6.86. The van der Waals surface area contributed by atoms with Crippen LogP contribution in [0.25, 0.3) is 0 Å². The van der Waals surface area contributed by atoms with E-state index in [1.807, 2.05) is 0 Å². The molecule has 0 radical (unpaired) electrons. The van der Waals surface area contributed by atoms with Crippen molar-refractivity contribution in [3.05, 3.63) is 29.3 Å². The molecule has 2 rings (SSSR count). The fourth-order valence-electron chi connectivity index (χ4n) is 1.99. The van der Waals surface area contributed by atoms with Crippen molar-refractivity contribution in [3.63, 3.8) is 0 Å². The van der Waals surface area contributed by atoms with Crippen molar-refractivity contribution in [2.45, 2.75) is 25.0 Å². The minimum Gasteiger partial charge on any atom is -0.484 e. The third-order valence-corrected chi connectivity index (χ3v) is 3.69. The first-order valence-electron chi connectivity index (χ1n) is 6.49. The van der Waals surface area contributed by atoms with Gasteiger partial charge in [-0.25, -0.2) is 0 Å². The van der Waals surface area contributed by atoms with Crippen LogP contribution in [0, 0.1) is 0 Å². The maximum absolute atomic E-state index is 11.7. The Morgan fingerprint density at radius 2 is 2.25 bits per heavy atom. The smallest absolute Gasteiger partial charge is 0.258 e. The van der Waals surface area contributed by atoms with E-state index in [1.165, 1.54) is 0 Å². The lowest BCUT2D eigenvalue weighted by Gasteiger charge is -2.26. The molecule has 1 amide bonds. The van der Waals surface area contributed by atoms with Crippen LogP contribution >= 0.6 is 11.6 Å². The van der Waals surface area contributed by atoms with Crippen LogP contribution in [0.1, 0.15) is 13.3 Å². The van der Waals surface area contributed by atoms with Gasteiger partial charge in [-0.1, -0.05) is 11.6 Å². The highest BCUT2D eigenvalue weighted by Gasteiger charge is 2.39. The number of ether oxygens (including phenoxy) is 2. The molecule has 5 nitrogen and oxygen atoms in total. The van der Waals surface area contributed by atoms with Gasteiger partial charge in [0, 0.05) is 24.6 Å². The predicted molar refractivity (Wildman–Crippen MR) is 74.9 cm³/mol. The Kier molecular flexibility index (Phi) is 4.86. The highest BCUT2D eigenvalue weighted by Crippen LogP contribution is 2.24. The number of hydrogen-bond donors (Lipinski definition) is 2. The number of rotatable bonds is 5. The van der Waals surface area contributed by atoms with Gasteiger partial charge in [0.1, 0.15) is 11.4 Å². The largest absolute Gasteiger partial charge is 0.484 e. The van der Waals surface area contributed by atoms with E-state index in [4.69, 9.17) is 21.1 Å². The molecule has 0 saturated carbocycles. The molecule has 1 saturated heterocycles. The highest BCUT2D eigenvalue weighted by molar-refractivity contribution is 6.30. The summed E-state index contributed by atoms with van der Waals surface area (Å²) in [6.45, 7) is 2.36. The number of benzene rings is 1. The van der Waals surface area contributed by atoms with E-state index in [9.17, 15) is 9.90 Å². The summed E-state index contributed by atoms with van der Waals surface area (Å²) >= 11 is 5.75. The summed E-state index contributed by atoms with van der Waals surface area (Å²) in [7, 11) is 0. The zero-order chi connectivity index (χ0) is 14.6. The molecule has 0 bridgehead atoms. The van der Waals surface area contributed by atoms with Crippen molar-refractivity contribution in [2.75, 3.05) is 19.8 Å². The predicted octanol–water partition coefficient (Wildman–Crippen LogP) is 1.37. The van der Waals surface area contributed by atoms with E-state index >= 15 is 0 Å². The van der Waals surface area contributed by atoms with Crippen LogP contribution in [0.15, 0.2) is 24.3 Å². The Balaban J connectivity index is 1.74. The average Bonchev–Trinajstić information content (AvgIpc) is 2.76. The zero-order valence-electron chi connectivity index (χ0n) is 11.3. The van der Waals surface area contributed by atoms with Crippen molar-refractivity contribution in [1.29, 1.82) is 0 Å². The van der Waals surface area contributed by atoms with Crippen LogP contribution in [0.3, 0.4) is 0 Å². The summed E-state index contributed by atoms with van der Waals surface area (Å²) in [5.74, 6) is 0.285. The first-order chi connectivity index (χ1) is 9.49. The molecule has 1 aromatic rings. The summed E-state index contributed by atoms with van der Waals surface area (Å²) in [5, 5.41) is 13.5. The molecular weight excluding hydrogens is 282 g/mol. The molecule has 6 heteroatoms. The summed E-state index contributed by atoms with van der Waals surface area (Å²) < 4.78 is 10.6. The zero-order valence-corrected chi connectivity index (χ0v) is 12.0. The fraction of sp³-hybridized carbons (Fsp3) is 0.500. The van der Waals surface area contributed by atoms with Gasteiger partial charge in [0.15, 0.2) is 6.61 Å². The number of carbonyl (C=O) groups excluding carboxylic acids is 1. The maximum Gasteiger partial charge on any atom is 0.258 e. The van der Waals surface area contributed by atoms with Crippen LogP contribution in [-0.2, 0) is 9.53 Å². The van der Waals surface area contributed by atoms with Crippen molar-refractivity contribution >= 4 is 17.5 Å². The number of halogens is 1. The third kappa shape index (κ3) is 3.85. The first kappa shape index (κ1) is 15.1. The lowest BCUT2D eigenvalue weighted by atomic mass is 9.97. The van der Waals surface area contributed by atoms with Crippen molar-refractivity contribution in [3.8, 4) is 5.75 Å². The van der Waals surface area contributed by atoms with Gasteiger partial charge in [-0.3, -0.25) is 4.79 Å². The molecular formula is C14H18ClNO4. The second-order valence-electron chi connectivity index (χ2n) is 4.89. The normalized spacial score (nSPS) is 25.4. The topological polar surface area (TPSA) is 67.8 Å². The van der Waals surface area contributed by atoms with E-state index in [2.05, 4.69) is 5.32 Å². The van der Waals surface area contributed by atoms with Crippen molar-refractivity contribution in [2.24, 2.45) is 0 Å². The van der Waals surface area contributed by atoms with Gasteiger partial charge in [-0.15, -0.1) is 0 Å². The average molecular weight is 300 g/mol. The highest BCUT2D eigenvalue weighted by atomic mass is 35.5. The van der Waals surface area contributed by atoms with Crippen LogP contribution in [0.4, 0.5) is 0 Å². The van der Waals surface area contributed by atoms with Gasteiger partial charge >= 0.3 is 0 Å². The number of carbonyl (C=O) groups is 1. The minimum atomic E-state index is -0.990. The van der Waals surface area contributed by atoms with Crippen LogP contribution in [0.2, 0.25) is 5.02 Å². The van der Waals surface area contributed by atoms with Gasteiger partial charge in [-0.05, 0) is 31.2 Å². The summed E-state index contributed by atoms with van der Waals surface area (Å²) in [6.07, 6.45) is 0.243.